The first kappa shape index (κ1) is 17.5. The first-order chi connectivity index (χ1) is 12.1. The third kappa shape index (κ3) is 4.82. The van der Waals surface area contributed by atoms with E-state index in [1.54, 1.807) is 35.6 Å². The molecule has 0 aliphatic heterocycles. The fraction of sp³-hybridized carbons (Fsp3) is 0.368. The highest BCUT2D eigenvalue weighted by molar-refractivity contribution is 7.10. The van der Waals surface area contributed by atoms with Crippen LogP contribution in [-0.4, -0.2) is 11.9 Å². The first-order valence-electron chi connectivity index (χ1n) is 8.60. The monoisotopic (exact) mass is 357 g/mol. The second kappa shape index (κ2) is 8.16. The maximum absolute atomic E-state index is 12.5. The van der Waals surface area contributed by atoms with Gasteiger partial charge in [0.1, 0.15) is 0 Å². The van der Waals surface area contributed by atoms with Gasteiger partial charge in [-0.3, -0.25) is 4.79 Å². The Morgan fingerprint density at radius 3 is 2.44 bits per heavy atom. The lowest BCUT2D eigenvalue weighted by molar-refractivity contribution is -0.114. The van der Waals surface area contributed by atoms with E-state index in [1.165, 1.54) is 24.6 Å². The van der Waals surface area contributed by atoms with Crippen LogP contribution >= 0.6 is 11.3 Å². The van der Waals surface area contributed by atoms with E-state index in [2.05, 4.69) is 22.0 Å². The summed E-state index contributed by atoms with van der Waals surface area (Å²) in [5.41, 5.74) is 1.32. The van der Waals surface area contributed by atoms with E-state index in [0.717, 1.165) is 12.8 Å². The summed E-state index contributed by atoms with van der Waals surface area (Å²) in [6, 6.07) is 11.1. The van der Waals surface area contributed by atoms with Crippen molar-refractivity contribution >= 4 is 34.6 Å². The highest BCUT2D eigenvalue weighted by atomic mass is 32.1. The molecule has 5 nitrogen and oxygen atoms in total. The van der Waals surface area contributed by atoms with Gasteiger partial charge in [-0.15, -0.1) is 11.3 Å². The highest BCUT2D eigenvalue weighted by Gasteiger charge is 2.28. The minimum Gasteiger partial charge on any atom is -0.330 e. The number of thiophene rings is 1. The molecular weight excluding hydrogens is 334 g/mol. The minimum absolute atomic E-state index is 0.0565. The van der Waals surface area contributed by atoms with Gasteiger partial charge in [0.25, 0.3) is 0 Å². The summed E-state index contributed by atoms with van der Waals surface area (Å²) in [4.78, 5) is 24.9. The molecule has 3 N–H and O–H groups in total. The molecule has 2 aromatic rings. The standard InChI is InChI=1S/C19H23N3O2S/c1-13(23)20-15-8-4-9-16(12-15)21-19(24)22-18(14-6-2-3-7-14)17-10-5-11-25-17/h4-5,8-12,14,18H,2-3,6-7H2,1H3,(H,20,23)(H2,21,22,24)/t18-/m1/s1. The van der Waals surface area contributed by atoms with Crippen LogP contribution in [0.25, 0.3) is 0 Å². The number of rotatable bonds is 5. The average molecular weight is 357 g/mol. The molecule has 1 heterocycles. The van der Waals surface area contributed by atoms with Gasteiger partial charge in [0.15, 0.2) is 0 Å². The molecule has 0 saturated heterocycles. The Hall–Kier alpha value is -2.34. The van der Waals surface area contributed by atoms with Crippen LogP contribution in [0.3, 0.4) is 0 Å². The summed E-state index contributed by atoms with van der Waals surface area (Å²) in [5.74, 6) is 0.357. The molecule has 25 heavy (non-hydrogen) atoms. The van der Waals surface area contributed by atoms with Crippen molar-refractivity contribution in [3.05, 3.63) is 46.7 Å². The van der Waals surface area contributed by atoms with Crippen molar-refractivity contribution in [2.24, 2.45) is 5.92 Å². The van der Waals surface area contributed by atoms with Gasteiger partial charge in [0, 0.05) is 23.2 Å². The second-order valence-corrected chi connectivity index (χ2v) is 7.38. The lowest BCUT2D eigenvalue weighted by atomic mass is 9.97. The Bertz CT molecular complexity index is 724. The number of carbonyl (C=O) groups is 2. The van der Waals surface area contributed by atoms with Gasteiger partial charge in [0.2, 0.25) is 5.91 Å². The van der Waals surface area contributed by atoms with Gasteiger partial charge >= 0.3 is 6.03 Å². The average Bonchev–Trinajstić information content (AvgIpc) is 3.26. The maximum Gasteiger partial charge on any atom is 0.319 e. The van der Waals surface area contributed by atoms with Crippen molar-refractivity contribution in [3.8, 4) is 0 Å². The highest BCUT2D eigenvalue weighted by Crippen LogP contribution is 2.37. The van der Waals surface area contributed by atoms with Crippen LogP contribution in [0.5, 0.6) is 0 Å². The van der Waals surface area contributed by atoms with Crippen molar-refractivity contribution in [2.75, 3.05) is 10.6 Å². The van der Waals surface area contributed by atoms with E-state index in [4.69, 9.17) is 0 Å². The molecule has 1 aliphatic rings. The molecule has 3 rings (SSSR count). The van der Waals surface area contributed by atoms with E-state index in [9.17, 15) is 9.59 Å². The fourth-order valence-corrected chi connectivity index (χ4v) is 4.24. The number of anilines is 2. The smallest absolute Gasteiger partial charge is 0.319 e. The summed E-state index contributed by atoms with van der Waals surface area (Å²) in [7, 11) is 0. The summed E-state index contributed by atoms with van der Waals surface area (Å²) < 4.78 is 0. The zero-order chi connectivity index (χ0) is 17.6. The van der Waals surface area contributed by atoms with Crippen molar-refractivity contribution in [2.45, 2.75) is 38.6 Å². The number of urea groups is 1. The van der Waals surface area contributed by atoms with Crippen molar-refractivity contribution in [1.29, 1.82) is 0 Å². The van der Waals surface area contributed by atoms with Crippen LogP contribution in [0.4, 0.5) is 16.2 Å². The van der Waals surface area contributed by atoms with Crippen molar-refractivity contribution in [1.82, 2.24) is 5.32 Å². The molecule has 132 valence electrons. The van der Waals surface area contributed by atoms with Crippen LogP contribution in [0, 0.1) is 5.92 Å². The zero-order valence-electron chi connectivity index (χ0n) is 14.2. The summed E-state index contributed by atoms with van der Waals surface area (Å²) in [5, 5.41) is 10.8. The first-order valence-corrected chi connectivity index (χ1v) is 9.48. The SMILES string of the molecule is CC(=O)Nc1cccc(NC(=O)N[C@@H](c2cccs2)C2CCCC2)c1. The molecular formula is C19H23N3O2S. The number of carbonyl (C=O) groups excluding carboxylic acids is 2. The third-order valence-electron chi connectivity index (χ3n) is 4.45. The van der Waals surface area contributed by atoms with Crippen LogP contribution in [0.15, 0.2) is 41.8 Å². The van der Waals surface area contributed by atoms with E-state index >= 15 is 0 Å². The molecule has 0 unspecified atom stereocenters. The maximum atomic E-state index is 12.5. The van der Waals surface area contributed by atoms with Crippen LogP contribution in [-0.2, 0) is 4.79 Å². The number of benzene rings is 1. The van der Waals surface area contributed by atoms with E-state index in [-0.39, 0.29) is 18.0 Å². The van der Waals surface area contributed by atoms with Gasteiger partial charge in [-0.2, -0.15) is 0 Å². The Labute approximate surface area is 151 Å². The summed E-state index contributed by atoms with van der Waals surface area (Å²) in [6.07, 6.45) is 4.77. The second-order valence-electron chi connectivity index (χ2n) is 6.40. The Balaban J connectivity index is 1.66. The predicted molar refractivity (Wildman–Crippen MR) is 102 cm³/mol. The topological polar surface area (TPSA) is 70.2 Å². The number of hydrogen-bond donors (Lipinski definition) is 3. The molecule has 1 fully saturated rings. The summed E-state index contributed by atoms with van der Waals surface area (Å²) >= 11 is 1.69. The van der Waals surface area contributed by atoms with Crippen LogP contribution < -0.4 is 16.0 Å². The Morgan fingerprint density at radius 2 is 1.80 bits per heavy atom. The normalized spacial score (nSPS) is 15.6. The lowest BCUT2D eigenvalue weighted by Crippen LogP contribution is -2.35. The third-order valence-corrected chi connectivity index (χ3v) is 5.40. The van der Waals surface area contributed by atoms with Crippen LogP contribution in [0.2, 0.25) is 0 Å². The van der Waals surface area contributed by atoms with Crippen molar-refractivity contribution in [3.63, 3.8) is 0 Å². The number of amides is 3. The van der Waals surface area contributed by atoms with E-state index in [0.29, 0.717) is 17.3 Å². The fourth-order valence-electron chi connectivity index (χ4n) is 3.37. The van der Waals surface area contributed by atoms with Gasteiger partial charge in [-0.25, -0.2) is 4.79 Å². The molecule has 0 radical (unpaired) electrons. The van der Waals surface area contributed by atoms with Gasteiger partial charge in [0.05, 0.1) is 6.04 Å². The van der Waals surface area contributed by atoms with Crippen molar-refractivity contribution < 1.29 is 9.59 Å². The number of hydrogen-bond acceptors (Lipinski definition) is 3. The van der Waals surface area contributed by atoms with Gasteiger partial charge in [-0.1, -0.05) is 25.0 Å². The molecule has 0 bridgehead atoms. The largest absolute Gasteiger partial charge is 0.330 e. The number of nitrogens with one attached hydrogen (secondary N) is 3. The Kier molecular flexibility index (Phi) is 5.71. The van der Waals surface area contributed by atoms with Gasteiger partial charge < -0.3 is 16.0 Å². The molecule has 3 amide bonds. The molecule has 1 aliphatic carbocycles. The molecule has 1 aromatic carbocycles. The zero-order valence-corrected chi connectivity index (χ0v) is 15.1. The summed E-state index contributed by atoms with van der Waals surface area (Å²) in [6.45, 7) is 1.46. The van der Waals surface area contributed by atoms with E-state index in [1.807, 2.05) is 11.4 Å². The predicted octanol–water partition coefficient (Wildman–Crippen LogP) is 4.76. The quantitative estimate of drug-likeness (QED) is 0.722. The Morgan fingerprint density at radius 1 is 1.08 bits per heavy atom. The van der Waals surface area contributed by atoms with E-state index < -0.39 is 0 Å². The minimum atomic E-state index is -0.217. The van der Waals surface area contributed by atoms with Crippen LogP contribution in [0.1, 0.15) is 43.5 Å². The molecule has 1 saturated carbocycles. The lowest BCUT2D eigenvalue weighted by Gasteiger charge is -2.24. The molecule has 6 heteroatoms. The molecule has 1 aromatic heterocycles. The molecule has 0 spiro atoms. The van der Waals surface area contributed by atoms with Gasteiger partial charge in [-0.05, 0) is 48.4 Å². The molecule has 1 atom stereocenters.